The number of hydrogen-bond acceptors (Lipinski definition) is 24. The number of fused-ring (bicyclic) bond motifs is 2. The van der Waals surface area contributed by atoms with Crippen molar-refractivity contribution in [2.45, 2.75) is 30.5 Å². The van der Waals surface area contributed by atoms with Gasteiger partial charge in [0.2, 0.25) is 0 Å². The van der Waals surface area contributed by atoms with Gasteiger partial charge in [-0.25, -0.2) is 10.2 Å². The van der Waals surface area contributed by atoms with Crippen molar-refractivity contribution in [1.82, 2.24) is 5.43 Å². The van der Waals surface area contributed by atoms with Crippen LogP contribution >= 0.6 is 10.9 Å². The Labute approximate surface area is 412 Å². The highest BCUT2D eigenvalue weighted by Gasteiger charge is 2.41. The molecule has 390 valence electrons. The van der Waals surface area contributed by atoms with E-state index in [0.717, 1.165) is 54.6 Å². The van der Waals surface area contributed by atoms with Crippen LogP contribution in [0.2, 0.25) is 0 Å². The predicted octanol–water partition coefficient (Wildman–Crippen LogP) is 3.64. The number of anilines is 6. The lowest BCUT2D eigenvalue weighted by molar-refractivity contribution is -0.130. The first-order chi connectivity index (χ1) is 33.8. The third-order valence-corrected chi connectivity index (χ3v) is 14.8. The molecule has 6 aromatic carbocycles. The molecule has 0 bridgehead atoms. The Morgan fingerprint density at radius 1 is 0.603 bits per heavy atom. The van der Waals surface area contributed by atoms with Gasteiger partial charge in [-0.3, -0.25) is 44.7 Å². The first-order valence-electron chi connectivity index (χ1n) is 19.4. The van der Waals surface area contributed by atoms with Gasteiger partial charge < -0.3 is 43.9 Å². The number of hydrazine groups is 3. The number of amides is 1. The largest absolute Gasteiger partial charge is 0.507 e. The molecule has 0 saturated carbocycles. The first-order valence-corrected chi connectivity index (χ1v) is 26.7. The molecular weight excluding hydrogens is 1080 g/mol. The van der Waals surface area contributed by atoms with E-state index in [0.29, 0.717) is 17.1 Å². The second-order valence-electron chi connectivity index (χ2n) is 15.0. The zero-order valence-corrected chi connectivity index (χ0v) is 40.5. The number of rotatable bonds is 18. The summed E-state index contributed by atoms with van der Waals surface area (Å²) in [6.07, 6.45) is 0. The van der Waals surface area contributed by atoms with Gasteiger partial charge in [0, 0.05) is 34.4 Å². The number of nitrogens with zero attached hydrogens (tertiary/aromatic N) is 2. The van der Waals surface area contributed by atoms with Crippen LogP contribution in [0.3, 0.4) is 0 Å². The van der Waals surface area contributed by atoms with E-state index in [1.165, 1.54) is 26.4 Å². The van der Waals surface area contributed by atoms with E-state index in [1.807, 2.05) is 0 Å². The lowest BCUT2D eigenvalue weighted by Crippen LogP contribution is -2.48. The number of hydrazone groups is 1. The topological polar surface area (TPSA) is 479 Å². The van der Waals surface area contributed by atoms with E-state index in [4.69, 9.17) is 9.47 Å². The summed E-state index contributed by atoms with van der Waals surface area (Å²) in [6, 6.07) is 10.2. The number of phenols is 2. The Balaban J connectivity index is 1.20. The molecule has 1 aliphatic rings. The van der Waals surface area contributed by atoms with Crippen LogP contribution in [0.4, 0.5) is 34.1 Å². The average molecular weight is 1120 g/mol. The number of hydrogen-bond donors (Lipinski definition) is 16. The molecule has 0 saturated heterocycles. The molecule has 1 unspecified atom stereocenters. The second-order valence-corrected chi connectivity index (χ2v) is 22.1. The molecule has 16 N–H and O–H groups in total. The highest BCUT2D eigenvalue weighted by atomic mass is 32.3. The maximum atomic E-state index is 13.4. The van der Waals surface area contributed by atoms with E-state index in [-0.39, 0.29) is 45.0 Å². The molecule has 0 aliphatic carbocycles. The normalized spacial score (nSPS) is 14.7. The third kappa shape index (κ3) is 10.8. The maximum Gasteiger partial charge on any atom is 0.354 e. The molecular formula is C38H36N8O22S5. The van der Waals surface area contributed by atoms with Crippen molar-refractivity contribution < 1.29 is 99.9 Å². The van der Waals surface area contributed by atoms with Crippen LogP contribution in [0, 0.1) is 0 Å². The van der Waals surface area contributed by atoms with Gasteiger partial charge in [0.05, 0.1) is 62.2 Å². The van der Waals surface area contributed by atoms with Gasteiger partial charge in [-0.05, 0) is 66.0 Å². The van der Waals surface area contributed by atoms with Gasteiger partial charge in [0.15, 0.2) is 11.8 Å². The van der Waals surface area contributed by atoms with Crippen molar-refractivity contribution in [2.75, 3.05) is 46.4 Å². The number of ether oxygens (including phenoxy) is 2. The molecule has 6 aromatic rings. The molecule has 1 atom stereocenters. The minimum Gasteiger partial charge on any atom is -0.507 e. The zero-order valence-electron chi connectivity index (χ0n) is 36.4. The molecule has 0 spiro atoms. The molecule has 1 aliphatic heterocycles. The molecule has 0 radical (unpaired) electrons. The lowest BCUT2D eigenvalue weighted by atomic mass is 10.1. The van der Waals surface area contributed by atoms with Gasteiger partial charge in [-0.15, -0.1) is 0 Å². The summed E-state index contributed by atoms with van der Waals surface area (Å²) in [4.78, 5) is 21.3. The van der Waals surface area contributed by atoms with Gasteiger partial charge >= 0.3 is 5.97 Å². The van der Waals surface area contributed by atoms with Crippen LogP contribution in [0.25, 0.3) is 21.5 Å². The van der Waals surface area contributed by atoms with Crippen LogP contribution in [-0.4, -0.2) is 119 Å². The smallest absolute Gasteiger partial charge is 0.354 e. The molecule has 35 heteroatoms. The fraction of sp³-hybridized carbons (Fsp3) is 0.0789. The van der Waals surface area contributed by atoms with E-state index < -0.39 is 133 Å². The lowest BCUT2D eigenvalue weighted by Gasteiger charge is -2.27. The van der Waals surface area contributed by atoms with Crippen molar-refractivity contribution in [1.29, 1.82) is 0 Å². The van der Waals surface area contributed by atoms with Crippen molar-refractivity contribution in [3.8, 4) is 23.0 Å². The molecule has 0 fully saturated rings. The van der Waals surface area contributed by atoms with Gasteiger partial charge in [-0.2, -0.15) is 43.8 Å². The number of aliphatic carboxylic acids is 1. The van der Waals surface area contributed by atoms with Crippen LogP contribution in [0.5, 0.6) is 23.0 Å². The third-order valence-electron chi connectivity index (χ3n) is 10.4. The maximum absolute atomic E-state index is 13.4. The molecule has 30 nitrogen and oxygen atoms in total. The van der Waals surface area contributed by atoms with Crippen molar-refractivity contribution in [2.24, 2.45) is 5.10 Å². The van der Waals surface area contributed by atoms with Crippen molar-refractivity contribution >= 4 is 125 Å². The van der Waals surface area contributed by atoms with Crippen LogP contribution < -0.4 is 47.0 Å². The number of carboxylic acids is 1. The number of aromatic hydroxyl groups is 2. The molecule has 0 aromatic heterocycles. The number of carbonyl (C=O) groups excluding carboxylic acids is 1. The summed E-state index contributed by atoms with van der Waals surface area (Å²) in [5.74, 6) is -4.82. The Kier molecular flexibility index (Phi) is 14.0. The van der Waals surface area contributed by atoms with Crippen LogP contribution in [0.1, 0.15) is 0 Å². The van der Waals surface area contributed by atoms with E-state index in [9.17, 15) is 90.4 Å². The summed E-state index contributed by atoms with van der Waals surface area (Å²) in [5.41, 5.74) is 12.1. The van der Waals surface area contributed by atoms with Gasteiger partial charge in [-0.1, -0.05) is 0 Å². The Hall–Kier alpha value is -7.52. The van der Waals surface area contributed by atoms with Gasteiger partial charge in [0.1, 0.15) is 44.5 Å². The Bertz CT molecular complexity index is 3800. The number of phenolic OH excluding ortho intramolecular Hbond substituents is 2. The summed E-state index contributed by atoms with van der Waals surface area (Å²) in [7, 11) is -22.6. The van der Waals surface area contributed by atoms with E-state index in [2.05, 4.69) is 37.7 Å². The van der Waals surface area contributed by atoms with E-state index in [1.54, 1.807) is 0 Å². The predicted molar refractivity (Wildman–Crippen MR) is 258 cm³/mol. The molecule has 1 heterocycles. The quantitative estimate of drug-likeness (QED) is 0.0332. The fourth-order valence-electron chi connectivity index (χ4n) is 7.16. The van der Waals surface area contributed by atoms with Crippen LogP contribution in [0.15, 0.2) is 108 Å². The number of carbonyl (C=O) groups is 2. The molecule has 73 heavy (non-hydrogen) atoms. The van der Waals surface area contributed by atoms with Gasteiger partial charge in [0.25, 0.3) is 46.4 Å². The summed E-state index contributed by atoms with van der Waals surface area (Å²) in [6.45, 7) is 0. The Morgan fingerprint density at radius 2 is 1.14 bits per heavy atom. The summed E-state index contributed by atoms with van der Waals surface area (Å²) >= 11 is 0. The second kappa shape index (κ2) is 19.2. The fourth-order valence-corrected chi connectivity index (χ4v) is 10.3. The highest BCUT2D eigenvalue weighted by molar-refractivity contribution is 8.19. The SMILES string of the molecule is COc1cc(NNc2cc(S(=O)(=O)O)cc3cc(S(=O)(=O)O)cc(O)c23)c(OC)cc1NNc1c(S(=O)(=O)O)cc2c(S(O)(O)O)c(NNC3C(=O)N(c4ccc(S(=O)(=O)O)cc4)N=C3C(=O)O)ccc2c1O. The summed E-state index contributed by atoms with van der Waals surface area (Å²) in [5, 5.41) is 34.9. The average Bonchev–Trinajstić information content (AvgIpc) is 3.63. The minimum absolute atomic E-state index is 0.0138. The van der Waals surface area contributed by atoms with Crippen molar-refractivity contribution in [3.05, 3.63) is 78.9 Å². The standard InChI is InChI=1S/C38H36N8O22S5/c1-67-28-15-25(29(68-2)14-24(28)40-42-26-11-19(70(55,56)57)9-16-10-20(71(58,59)60)12-27(47)31(16)26)41-43-32-30(72(61,62)63)13-22-21(35(32)48)7-8-23(36(22)73(64,65)66)39-44-33-34(38(50)51)45-46(37(33)49)17-3-5-18(6-4-17)69(52,53)54/h3-15,33,39-44,47-48,64-66H,1-2H3,(H,50,51)(H,52,53,54)(H,55,56,57)(H,58,59,60)(H,61,62,63). The zero-order chi connectivity index (χ0) is 53.9. The molecule has 1 amide bonds. The highest BCUT2D eigenvalue weighted by Crippen LogP contribution is 2.54. The first kappa shape index (κ1) is 53.3. The summed E-state index contributed by atoms with van der Waals surface area (Å²) < 4.78 is 179. The van der Waals surface area contributed by atoms with E-state index >= 15 is 0 Å². The Morgan fingerprint density at radius 3 is 1.64 bits per heavy atom. The molecule has 7 rings (SSSR count). The number of carboxylic acid groups (broad SMARTS) is 1. The monoisotopic (exact) mass is 1120 g/mol. The number of benzene rings is 6. The van der Waals surface area contributed by atoms with Crippen LogP contribution in [-0.2, 0) is 50.1 Å². The van der Waals surface area contributed by atoms with Crippen molar-refractivity contribution in [3.63, 3.8) is 0 Å². The number of methoxy groups -OCH3 is 2. The number of nitrogens with one attached hydrogen (secondary N) is 6. The minimum atomic E-state index is -5.43.